The van der Waals surface area contributed by atoms with Crippen molar-refractivity contribution in [2.75, 3.05) is 39.4 Å². The zero-order chi connectivity index (χ0) is 24.1. The summed E-state index contributed by atoms with van der Waals surface area (Å²) >= 11 is 0. The van der Waals surface area contributed by atoms with Gasteiger partial charge < -0.3 is 14.5 Å². The van der Waals surface area contributed by atoms with Crippen molar-refractivity contribution in [3.05, 3.63) is 71.2 Å². The molecule has 0 spiro atoms. The van der Waals surface area contributed by atoms with Gasteiger partial charge in [0.1, 0.15) is 5.65 Å². The molecule has 2 aromatic heterocycles. The topological polar surface area (TPSA) is 58.9 Å². The lowest BCUT2D eigenvalue weighted by atomic mass is 9.91. The number of benzene rings is 1. The standard InChI is InChI=1S/C25H29F3N4O2/c1-18-6-9-32-22(17-30-23(32)14-18)21(19-4-2-5-20(15-19)25(26,27)28)16-24(33)29-7-3-8-31-10-12-34-13-11-31/h2,4-6,9,14-15,17,21H,3,7-8,10-13,16H2,1H3,(H,29,33). The summed E-state index contributed by atoms with van der Waals surface area (Å²) in [5, 5.41) is 2.94. The van der Waals surface area contributed by atoms with Gasteiger partial charge in [0.25, 0.3) is 0 Å². The molecule has 1 saturated heterocycles. The van der Waals surface area contributed by atoms with Crippen LogP contribution >= 0.6 is 0 Å². The maximum absolute atomic E-state index is 13.4. The van der Waals surface area contributed by atoms with E-state index in [0.29, 0.717) is 23.4 Å². The van der Waals surface area contributed by atoms with Crippen molar-refractivity contribution in [2.45, 2.75) is 31.9 Å². The Labute approximate surface area is 196 Å². The molecule has 1 aliphatic rings. The predicted molar refractivity (Wildman–Crippen MR) is 123 cm³/mol. The normalized spacial score (nSPS) is 16.0. The molecule has 0 saturated carbocycles. The van der Waals surface area contributed by atoms with Gasteiger partial charge in [-0.25, -0.2) is 4.98 Å². The number of carbonyl (C=O) groups excluding carboxylic acids is 1. The number of carbonyl (C=O) groups is 1. The molecule has 6 nitrogen and oxygen atoms in total. The first kappa shape index (κ1) is 24.2. The van der Waals surface area contributed by atoms with Gasteiger partial charge in [-0.3, -0.25) is 9.69 Å². The minimum atomic E-state index is -4.46. The smallest absolute Gasteiger partial charge is 0.379 e. The molecule has 1 fully saturated rings. The van der Waals surface area contributed by atoms with E-state index in [4.69, 9.17) is 4.74 Å². The number of morpholine rings is 1. The second-order valence-corrected chi connectivity index (χ2v) is 8.65. The van der Waals surface area contributed by atoms with E-state index in [1.165, 1.54) is 6.07 Å². The van der Waals surface area contributed by atoms with Crippen LogP contribution in [0.15, 0.2) is 48.8 Å². The van der Waals surface area contributed by atoms with Crippen LogP contribution in [-0.4, -0.2) is 59.6 Å². The number of aromatic nitrogens is 2. The quantitative estimate of drug-likeness (QED) is 0.501. The largest absolute Gasteiger partial charge is 0.416 e. The van der Waals surface area contributed by atoms with Crippen molar-refractivity contribution < 1.29 is 22.7 Å². The van der Waals surface area contributed by atoms with Crippen molar-refractivity contribution >= 4 is 11.6 Å². The third-order valence-electron chi connectivity index (χ3n) is 6.14. The van der Waals surface area contributed by atoms with E-state index in [1.54, 1.807) is 12.3 Å². The Morgan fingerprint density at radius 2 is 2.00 bits per heavy atom. The van der Waals surface area contributed by atoms with Gasteiger partial charge in [0.2, 0.25) is 5.91 Å². The van der Waals surface area contributed by atoms with E-state index in [2.05, 4.69) is 15.2 Å². The van der Waals surface area contributed by atoms with Crippen molar-refractivity contribution in [1.82, 2.24) is 19.6 Å². The van der Waals surface area contributed by atoms with Crippen LogP contribution in [0.4, 0.5) is 13.2 Å². The number of amides is 1. The van der Waals surface area contributed by atoms with Gasteiger partial charge in [-0.1, -0.05) is 18.2 Å². The van der Waals surface area contributed by atoms with Crippen LogP contribution in [0.2, 0.25) is 0 Å². The fourth-order valence-electron chi connectivity index (χ4n) is 4.30. The van der Waals surface area contributed by atoms with Gasteiger partial charge in [-0.05, 0) is 49.2 Å². The number of imidazole rings is 1. The third-order valence-corrected chi connectivity index (χ3v) is 6.14. The molecule has 1 aliphatic heterocycles. The molecule has 9 heteroatoms. The van der Waals surface area contributed by atoms with Gasteiger partial charge >= 0.3 is 6.18 Å². The number of alkyl halides is 3. The highest BCUT2D eigenvalue weighted by Crippen LogP contribution is 2.34. The molecule has 3 aromatic rings. The van der Waals surface area contributed by atoms with E-state index in [1.807, 2.05) is 29.7 Å². The molecule has 0 aliphatic carbocycles. The highest BCUT2D eigenvalue weighted by Gasteiger charge is 2.32. The molecular formula is C25H29F3N4O2. The lowest BCUT2D eigenvalue weighted by molar-refractivity contribution is -0.137. The molecule has 3 heterocycles. The van der Waals surface area contributed by atoms with Crippen molar-refractivity contribution in [3.8, 4) is 0 Å². The monoisotopic (exact) mass is 474 g/mol. The number of fused-ring (bicyclic) bond motifs is 1. The van der Waals surface area contributed by atoms with Gasteiger partial charge in [0.05, 0.1) is 24.5 Å². The molecule has 1 N–H and O–H groups in total. The van der Waals surface area contributed by atoms with E-state index in [-0.39, 0.29) is 12.3 Å². The molecule has 182 valence electrons. The molecule has 1 atom stereocenters. The zero-order valence-corrected chi connectivity index (χ0v) is 19.1. The first-order chi connectivity index (χ1) is 16.3. The number of nitrogens with zero attached hydrogens (tertiary/aromatic N) is 3. The number of ether oxygens (including phenoxy) is 1. The number of nitrogens with one attached hydrogen (secondary N) is 1. The average Bonchev–Trinajstić information content (AvgIpc) is 3.23. The van der Waals surface area contributed by atoms with Gasteiger partial charge in [-0.15, -0.1) is 0 Å². The Bertz CT molecular complexity index is 1120. The fraction of sp³-hybridized carbons (Fsp3) is 0.440. The highest BCUT2D eigenvalue weighted by molar-refractivity contribution is 5.77. The van der Waals surface area contributed by atoms with Crippen LogP contribution in [0, 0.1) is 6.92 Å². The van der Waals surface area contributed by atoms with E-state index in [9.17, 15) is 18.0 Å². The van der Waals surface area contributed by atoms with E-state index in [0.717, 1.165) is 57.0 Å². The third kappa shape index (κ3) is 5.95. The Morgan fingerprint density at radius 3 is 2.76 bits per heavy atom. The van der Waals surface area contributed by atoms with E-state index < -0.39 is 17.7 Å². The second-order valence-electron chi connectivity index (χ2n) is 8.65. The van der Waals surface area contributed by atoms with Crippen LogP contribution in [0.3, 0.4) is 0 Å². The number of hydrogen-bond acceptors (Lipinski definition) is 4. The summed E-state index contributed by atoms with van der Waals surface area (Å²) in [4.78, 5) is 19.6. The van der Waals surface area contributed by atoms with Gasteiger partial charge in [0.15, 0.2) is 0 Å². The minimum absolute atomic E-state index is 0.0283. The molecule has 0 radical (unpaired) electrons. The summed E-state index contributed by atoms with van der Waals surface area (Å²) in [5.74, 6) is -0.772. The Balaban J connectivity index is 1.51. The summed E-state index contributed by atoms with van der Waals surface area (Å²) in [6, 6.07) is 9.01. The maximum atomic E-state index is 13.4. The first-order valence-electron chi connectivity index (χ1n) is 11.5. The number of aryl methyl sites for hydroxylation is 1. The van der Waals surface area contributed by atoms with Crippen molar-refractivity contribution in [3.63, 3.8) is 0 Å². The highest BCUT2D eigenvalue weighted by atomic mass is 19.4. The lowest BCUT2D eigenvalue weighted by Gasteiger charge is -2.26. The van der Waals surface area contributed by atoms with Gasteiger partial charge in [-0.2, -0.15) is 13.2 Å². The Kier molecular flexibility index (Phi) is 7.53. The van der Waals surface area contributed by atoms with Crippen LogP contribution in [0.1, 0.15) is 41.1 Å². The number of rotatable bonds is 8. The fourth-order valence-corrected chi connectivity index (χ4v) is 4.30. The SMILES string of the molecule is Cc1ccn2c(C(CC(=O)NCCCN3CCOCC3)c3cccc(C(F)(F)F)c3)cnc2c1. The molecular weight excluding hydrogens is 445 g/mol. The molecule has 1 amide bonds. The summed E-state index contributed by atoms with van der Waals surface area (Å²) in [6.45, 7) is 6.56. The maximum Gasteiger partial charge on any atom is 0.416 e. The van der Waals surface area contributed by atoms with E-state index >= 15 is 0 Å². The Hall–Kier alpha value is -2.91. The molecule has 0 bridgehead atoms. The molecule has 4 rings (SSSR count). The summed E-state index contributed by atoms with van der Waals surface area (Å²) in [5.41, 5.74) is 2.10. The lowest BCUT2D eigenvalue weighted by Crippen LogP contribution is -2.38. The summed E-state index contributed by atoms with van der Waals surface area (Å²) < 4.78 is 47.3. The van der Waals surface area contributed by atoms with Crippen LogP contribution in [0.25, 0.3) is 5.65 Å². The number of hydrogen-bond donors (Lipinski definition) is 1. The summed E-state index contributed by atoms with van der Waals surface area (Å²) in [6.07, 6.45) is -0.145. The average molecular weight is 475 g/mol. The number of pyridine rings is 1. The first-order valence-corrected chi connectivity index (χ1v) is 11.5. The van der Waals surface area contributed by atoms with Gasteiger partial charge in [0, 0.05) is 44.4 Å². The van der Waals surface area contributed by atoms with Crippen LogP contribution in [-0.2, 0) is 15.7 Å². The van der Waals surface area contributed by atoms with Crippen molar-refractivity contribution in [1.29, 1.82) is 0 Å². The predicted octanol–water partition coefficient (Wildman–Crippen LogP) is 4.02. The molecule has 1 aromatic carbocycles. The molecule has 1 unspecified atom stereocenters. The zero-order valence-electron chi connectivity index (χ0n) is 19.1. The van der Waals surface area contributed by atoms with Crippen LogP contribution in [0.5, 0.6) is 0 Å². The minimum Gasteiger partial charge on any atom is -0.379 e. The second kappa shape index (κ2) is 10.6. The summed E-state index contributed by atoms with van der Waals surface area (Å²) in [7, 11) is 0. The number of halogens is 3. The van der Waals surface area contributed by atoms with Crippen LogP contribution < -0.4 is 5.32 Å². The van der Waals surface area contributed by atoms with Crippen molar-refractivity contribution in [2.24, 2.45) is 0 Å². The Morgan fingerprint density at radius 1 is 1.21 bits per heavy atom. The molecule has 34 heavy (non-hydrogen) atoms.